The quantitative estimate of drug-likeness (QED) is 0.759. The zero-order chi connectivity index (χ0) is 11.7. The fourth-order valence-electron chi connectivity index (χ4n) is 2.81. The number of amides is 1. The highest BCUT2D eigenvalue weighted by Crippen LogP contribution is 2.22. The van der Waals surface area contributed by atoms with E-state index in [1.807, 2.05) is 0 Å². The van der Waals surface area contributed by atoms with Gasteiger partial charge in [0.2, 0.25) is 5.91 Å². The Labute approximate surface area is 98.0 Å². The molecule has 2 heterocycles. The van der Waals surface area contributed by atoms with Gasteiger partial charge in [-0.2, -0.15) is 0 Å². The van der Waals surface area contributed by atoms with Crippen LogP contribution in [0, 0.1) is 5.92 Å². The lowest BCUT2D eigenvalue weighted by atomic mass is 10.1. The fourth-order valence-corrected chi connectivity index (χ4v) is 2.81. The van der Waals surface area contributed by atoms with Crippen LogP contribution >= 0.6 is 0 Å². The van der Waals surface area contributed by atoms with Crippen molar-refractivity contribution in [3.8, 4) is 0 Å². The smallest absolute Gasteiger partial charge is 0.238 e. The number of likely N-dealkylation sites (tertiary alicyclic amines) is 1. The van der Waals surface area contributed by atoms with E-state index in [2.05, 4.69) is 36.0 Å². The Morgan fingerprint density at radius 3 is 2.81 bits per heavy atom. The van der Waals surface area contributed by atoms with Crippen LogP contribution in [-0.2, 0) is 4.79 Å². The lowest BCUT2D eigenvalue weighted by Crippen LogP contribution is -2.46. The van der Waals surface area contributed by atoms with Crippen LogP contribution in [0.5, 0.6) is 0 Å². The molecule has 2 fully saturated rings. The first kappa shape index (κ1) is 11.9. The van der Waals surface area contributed by atoms with Gasteiger partial charge in [-0.05, 0) is 32.4 Å². The molecule has 0 aliphatic carbocycles. The summed E-state index contributed by atoms with van der Waals surface area (Å²) in [5, 5.41) is 3.34. The summed E-state index contributed by atoms with van der Waals surface area (Å²) in [6.07, 6.45) is 2.45. The van der Waals surface area contributed by atoms with Gasteiger partial charge in [-0.1, -0.05) is 13.8 Å². The molecule has 0 aromatic rings. The third-order valence-corrected chi connectivity index (χ3v) is 3.57. The molecule has 0 bridgehead atoms. The lowest BCUT2D eigenvalue weighted by Gasteiger charge is -2.31. The van der Waals surface area contributed by atoms with Gasteiger partial charge in [0.25, 0.3) is 0 Å². The van der Waals surface area contributed by atoms with Crippen molar-refractivity contribution in [2.24, 2.45) is 5.92 Å². The van der Waals surface area contributed by atoms with E-state index >= 15 is 0 Å². The van der Waals surface area contributed by atoms with Gasteiger partial charge in [-0.25, -0.2) is 0 Å². The summed E-state index contributed by atoms with van der Waals surface area (Å²) in [4.78, 5) is 16.3. The number of nitrogens with one attached hydrogen (secondary N) is 1. The van der Waals surface area contributed by atoms with E-state index < -0.39 is 0 Å². The number of likely N-dealkylation sites (N-methyl/N-ethyl adjacent to an activating group) is 1. The van der Waals surface area contributed by atoms with E-state index in [1.54, 1.807) is 0 Å². The first-order chi connectivity index (χ1) is 7.58. The lowest BCUT2D eigenvalue weighted by molar-refractivity contribution is -0.130. The average molecular weight is 225 g/mol. The van der Waals surface area contributed by atoms with Crippen LogP contribution in [0.25, 0.3) is 0 Å². The maximum atomic E-state index is 11.9. The summed E-state index contributed by atoms with van der Waals surface area (Å²) < 4.78 is 0. The monoisotopic (exact) mass is 225 g/mol. The van der Waals surface area contributed by atoms with E-state index in [0.29, 0.717) is 18.5 Å². The zero-order valence-electron chi connectivity index (χ0n) is 10.6. The van der Waals surface area contributed by atoms with Gasteiger partial charge >= 0.3 is 0 Å². The van der Waals surface area contributed by atoms with Gasteiger partial charge in [-0.15, -0.1) is 0 Å². The van der Waals surface area contributed by atoms with Crippen molar-refractivity contribution in [2.45, 2.75) is 38.9 Å². The van der Waals surface area contributed by atoms with Crippen molar-refractivity contribution in [3.05, 3.63) is 0 Å². The number of carbonyl (C=O) groups is 1. The van der Waals surface area contributed by atoms with Crippen LogP contribution in [0.15, 0.2) is 0 Å². The molecule has 1 N–H and O–H groups in total. The number of hydrogen-bond acceptors (Lipinski definition) is 3. The molecule has 16 heavy (non-hydrogen) atoms. The third-order valence-electron chi connectivity index (χ3n) is 3.57. The molecule has 2 unspecified atom stereocenters. The number of hydrogen-bond donors (Lipinski definition) is 1. The third kappa shape index (κ3) is 2.38. The molecule has 2 saturated heterocycles. The summed E-state index contributed by atoms with van der Waals surface area (Å²) >= 11 is 0. The van der Waals surface area contributed by atoms with Crippen molar-refractivity contribution in [1.82, 2.24) is 15.1 Å². The van der Waals surface area contributed by atoms with Gasteiger partial charge in [0.1, 0.15) is 0 Å². The molecule has 0 radical (unpaired) electrons. The van der Waals surface area contributed by atoms with Crippen LogP contribution in [-0.4, -0.2) is 54.6 Å². The predicted octanol–water partition coefficient (Wildman–Crippen LogP) is 0.495. The van der Waals surface area contributed by atoms with Crippen molar-refractivity contribution >= 4 is 5.91 Å². The largest absolute Gasteiger partial charge is 0.322 e. The first-order valence-corrected chi connectivity index (χ1v) is 6.31. The molecule has 0 aromatic carbocycles. The Balaban J connectivity index is 2.01. The van der Waals surface area contributed by atoms with Crippen molar-refractivity contribution in [1.29, 1.82) is 0 Å². The van der Waals surface area contributed by atoms with Crippen LogP contribution in [0.4, 0.5) is 0 Å². The Bertz CT molecular complexity index is 267. The highest BCUT2D eigenvalue weighted by molar-refractivity contribution is 5.81. The SMILES string of the molecule is CC(C)CC1NCC(=O)N1C1CCN(C)C1. The summed E-state index contributed by atoms with van der Waals surface area (Å²) in [5.41, 5.74) is 0. The van der Waals surface area contributed by atoms with Crippen molar-refractivity contribution in [3.63, 3.8) is 0 Å². The van der Waals surface area contributed by atoms with E-state index in [-0.39, 0.29) is 12.1 Å². The van der Waals surface area contributed by atoms with Crippen LogP contribution in [0.2, 0.25) is 0 Å². The highest BCUT2D eigenvalue weighted by atomic mass is 16.2. The molecule has 2 aliphatic rings. The minimum Gasteiger partial charge on any atom is -0.322 e. The maximum absolute atomic E-state index is 11.9. The Morgan fingerprint density at radius 1 is 1.50 bits per heavy atom. The van der Waals surface area contributed by atoms with Crippen molar-refractivity contribution in [2.75, 3.05) is 26.7 Å². The average Bonchev–Trinajstić information content (AvgIpc) is 2.73. The molecule has 0 spiro atoms. The minimum absolute atomic E-state index is 0.268. The second kappa shape index (κ2) is 4.72. The normalized spacial score (nSPS) is 32.0. The van der Waals surface area contributed by atoms with E-state index in [4.69, 9.17) is 0 Å². The van der Waals surface area contributed by atoms with Gasteiger partial charge < -0.3 is 9.80 Å². The van der Waals surface area contributed by atoms with Crippen LogP contribution in [0.3, 0.4) is 0 Å². The molecule has 2 rings (SSSR count). The molecule has 2 atom stereocenters. The molecular formula is C12H23N3O. The van der Waals surface area contributed by atoms with E-state index in [0.717, 1.165) is 25.9 Å². The molecule has 4 nitrogen and oxygen atoms in total. The van der Waals surface area contributed by atoms with Gasteiger partial charge in [0.05, 0.1) is 12.7 Å². The molecule has 0 saturated carbocycles. The molecule has 1 amide bonds. The predicted molar refractivity (Wildman–Crippen MR) is 64.0 cm³/mol. The number of rotatable bonds is 3. The first-order valence-electron chi connectivity index (χ1n) is 6.31. The van der Waals surface area contributed by atoms with Crippen LogP contribution in [0.1, 0.15) is 26.7 Å². The standard InChI is InChI=1S/C12H23N3O/c1-9(2)6-11-13-7-12(16)15(11)10-4-5-14(3)8-10/h9-11,13H,4-8H2,1-3H3. The van der Waals surface area contributed by atoms with E-state index in [9.17, 15) is 4.79 Å². The minimum atomic E-state index is 0.268. The molecule has 4 heteroatoms. The fraction of sp³-hybridized carbons (Fsp3) is 0.917. The maximum Gasteiger partial charge on any atom is 0.238 e. The van der Waals surface area contributed by atoms with Crippen molar-refractivity contribution < 1.29 is 4.79 Å². The highest BCUT2D eigenvalue weighted by Gasteiger charge is 2.38. The topological polar surface area (TPSA) is 35.6 Å². The summed E-state index contributed by atoms with van der Waals surface area (Å²) in [7, 11) is 2.13. The second-order valence-electron chi connectivity index (χ2n) is 5.53. The molecule has 2 aliphatic heterocycles. The zero-order valence-corrected chi connectivity index (χ0v) is 10.6. The summed E-state index contributed by atoms with van der Waals surface area (Å²) in [6, 6.07) is 0.427. The number of nitrogens with zero attached hydrogens (tertiary/aromatic N) is 2. The van der Waals surface area contributed by atoms with Gasteiger partial charge in [0, 0.05) is 12.6 Å². The van der Waals surface area contributed by atoms with Gasteiger partial charge in [0.15, 0.2) is 0 Å². The number of carbonyl (C=O) groups excluding carboxylic acids is 1. The second-order valence-corrected chi connectivity index (χ2v) is 5.53. The molecule has 0 aromatic heterocycles. The van der Waals surface area contributed by atoms with Crippen LogP contribution < -0.4 is 5.32 Å². The molecule has 92 valence electrons. The van der Waals surface area contributed by atoms with E-state index in [1.165, 1.54) is 0 Å². The Kier molecular flexibility index (Phi) is 3.50. The summed E-state index contributed by atoms with van der Waals surface area (Å²) in [5.74, 6) is 0.913. The van der Waals surface area contributed by atoms with Gasteiger partial charge in [-0.3, -0.25) is 10.1 Å². The molecular weight excluding hydrogens is 202 g/mol. The summed E-state index contributed by atoms with van der Waals surface area (Å²) in [6.45, 7) is 7.09. The Hall–Kier alpha value is -0.610. The Morgan fingerprint density at radius 2 is 2.25 bits per heavy atom.